The molecule has 1 heterocycles. The molecule has 2 fully saturated rings. The number of nitrogens with zero attached hydrogens (tertiary/aromatic N) is 1. The molecule has 0 spiro atoms. The summed E-state index contributed by atoms with van der Waals surface area (Å²) in [4.78, 5) is 14.9. The normalized spacial score (nSPS) is 25.5. The van der Waals surface area contributed by atoms with Gasteiger partial charge in [0.2, 0.25) is 0 Å². The number of carbonyl (C=O) groups is 1. The first-order valence-corrected chi connectivity index (χ1v) is 10.7. The van der Waals surface area contributed by atoms with Crippen LogP contribution in [0.3, 0.4) is 0 Å². The number of hydrogen-bond donors (Lipinski definition) is 2. The zero-order valence-electron chi connectivity index (χ0n) is 18.3. The summed E-state index contributed by atoms with van der Waals surface area (Å²) >= 11 is 0. The highest BCUT2D eigenvalue weighted by Gasteiger charge is 2.50. The minimum atomic E-state index is -0.372. The van der Waals surface area contributed by atoms with Crippen LogP contribution < -0.4 is 20.1 Å². The van der Waals surface area contributed by atoms with Crippen LogP contribution in [0, 0.1) is 5.82 Å². The van der Waals surface area contributed by atoms with E-state index in [1.165, 1.54) is 17.7 Å². The van der Waals surface area contributed by atoms with Gasteiger partial charge in [0.15, 0.2) is 11.5 Å². The van der Waals surface area contributed by atoms with Crippen LogP contribution in [-0.2, 0) is 5.41 Å². The van der Waals surface area contributed by atoms with Gasteiger partial charge in [-0.2, -0.15) is 0 Å². The largest absolute Gasteiger partial charge is 0.493 e. The molecule has 6 nitrogen and oxygen atoms in total. The molecule has 1 saturated carbocycles. The third-order valence-electron chi connectivity index (χ3n) is 6.90. The molecule has 2 aromatic rings. The lowest BCUT2D eigenvalue weighted by atomic mass is 9.65. The van der Waals surface area contributed by atoms with Crippen LogP contribution in [0.5, 0.6) is 11.5 Å². The summed E-state index contributed by atoms with van der Waals surface area (Å²) in [5.41, 5.74) is 1.75. The highest BCUT2D eigenvalue weighted by atomic mass is 19.1. The van der Waals surface area contributed by atoms with Crippen molar-refractivity contribution in [1.29, 1.82) is 0 Å². The number of halogens is 1. The summed E-state index contributed by atoms with van der Waals surface area (Å²) in [6.45, 7) is 1.02. The first kappa shape index (κ1) is 21.4. The number of likely N-dealkylation sites (tertiary alicyclic amines) is 1. The van der Waals surface area contributed by atoms with E-state index in [-0.39, 0.29) is 23.3 Å². The van der Waals surface area contributed by atoms with Crippen LogP contribution in [0.15, 0.2) is 42.5 Å². The van der Waals surface area contributed by atoms with Crippen LogP contribution in [0.2, 0.25) is 0 Å². The Hall–Kier alpha value is -2.80. The molecule has 166 valence electrons. The van der Waals surface area contributed by atoms with Gasteiger partial charge in [-0.15, -0.1) is 0 Å². The lowest BCUT2D eigenvalue weighted by Crippen LogP contribution is -2.52. The number of urea groups is 1. The Morgan fingerprint density at radius 2 is 1.94 bits per heavy atom. The van der Waals surface area contributed by atoms with E-state index in [0.717, 1.165) is 43.7 Å². The van der Waals surface area contributed by atoms with Gasteiger partial charge in [0.05, 0.1) is 14.2 Å². The van der Waals surface area contributed by atoms with Gasteiger partial charge in [0.1, 0.15) is 5.82 Å². The number of methoxy groups -OCH3 is 2. The summed E-state index contributed by atoms with van der Waals surface area (Å²) < 4.78 is 24.3. The molecule has 2 aromatic carbocycles. The number of carbonyl (C=O) groups excluding carboxylic acids is 1. The van der Waals surface area contributed by atoms with Crippen LogP contribution in [-0.4, -0.2) is 50.8 Å². The predicted molar refractivity (Wildman–Crippen MR) is 118 cm³/mol. The second kappa shape index (κ2) is 8.75. The van der Waals surface area contributed by atoms with Gasteiger partial charge >= 0.3 is 6.03 Å². The van der Waals surface area contributed by atoms with E-state index in [0.29, 0.717) is 11.7 Å². The number of ether oxygens (including phenoxy) is 2. The molecular formula is C24H30FN3O3. The van der Waals surface area contributed by atoms with Gasteiger partial charge < -0.3 is 25.0 Å². The number of rotatable bonds is 5. The number of likely N-dealkylation sites (N-methyl/N-ethyl adjacent to an activating group) is 1. The van der Waals surface area contributed by atoms with Crippen molar-refractivity contribution in [3.05, 3.63) is 53.8 Å². The van der Waals surface area contributed by atoms with Crippen LogP contribution >= 0.6 is 0 Å². The molecule has 0 aromatic heterocycles. The Morgan fingerprint density at radius 3 is 2.68 bits per heavy atom. The van der Waals surface area contributed by atoms with Crippen LogP contribution in [0.25, 0.3) is 0 Å². The van der Waals surface area contributed by atoms with Gasteiger partial charge in [-0.25, -0.2) is 9.18 Å². The molecule has 0 unspecified atom stereocenters. The average molecular weight is 428 g/mol. The first-order chi connectivity index (χ1) is 14.9. The maximum absolute atomic E-state index is 13.4. The minimum Gasteiger partial charge on any atom is -0.493 e. The summed E-state index contributed by atoms with van der Waals surface area (Å²) in [5.74, 6) is 1.11. The molecule has 2 aliphatic rings. The van der Waals surface area contributed by atoms with Crippen LogP contribution in [0.1, 0.15) is 31.2 Å². The second-order valence-electron chi connectivity index (χ2n) is 8.55. The Bertz CT molecular complexity index is 953. The molecule has 3 atom stereocenters. The smallest absolute Gasteiger partial charge is 0.319 e. The van der Waals surface area contributed by atoms with E-state index in [2.05, 4.69) is 34.7 Å². The van der Waals surface area contributed by atoms with Gasteiger partial charge in [-0.1, -0.05) is 12.1 Å². The second-order valence-corrected chi connectivity index (χ2v) is 8.55. The van der Waals surface area contributed by atoms with Crippen molar-refractivity contribution in [2.24, 2.45) is 0 Å². The van der Waals surface area contributed by atoms with E-state index in [9.17, 15) is 9.18 Å². The highest BCUT2D eigenvalue weighted by molar-refractivity contribution is 5.89. The summed E-state index contributed by atoms with van der Waals surface area (Å²) in [7, 11) is 5.46. The minimum absolute atomic E-state index is 0.0333. The molecule has 31 heavy (non-hydrogen) atoms. The lowest BCUT2D eigenvalue weighted by Gasteiger charge is -2.45. The first-order valence-electron chi connectivity index (χ1n) is 10.7. The lowest BCUT2D eigenvalue weighted by molar-refractivity contribution is 0.156. The highest BCUT2D eigenvalue weighted by Crippen LogP contribution is 2.49. The molecular weight excluding hydrogens is 397 g/mol. The molecule has 7 heteroatoms. The number of benzene rings is 2. The molecule has 0 radical (unpaired) electrons. The van der Waals surface area contributed by atoms with Gasteiger partial charge in [0, 0.05) is 23.2 Å². The van der Waals surface area contributed by atoms with Crippen molar-refractivity contribution in [2.75, 3.05) is 33.1 Å². The third kappa shape index (κ3) is 4.19. The van der Waals surface area contributed by atoms with E-state index in [1.54, 1.807) is 26.4 Å². The zero-order valence-corrected chi connectivity index (χ0v) is 18.3. The Balaban J connectivity index is 1.48. The summed E-state index contributed by atoms with van der Waals surface area (Å²) in [6, 6.07) is 12.2. The fourth-order valence-electron chi connectivity index (χ4n) is 5.31. The Morgan fingerprint density at radius 1 is 1.13 bits per heavy atom. The maximum atomic E-state index is 13.4. The zero-order chi connectivity index (χ0) is 22.0. The van der Waals surface area contributed by atoms with Crippen molar-refractivity contribution < 1.29 is 18.7 Å². The Kier molecular flexibility index (Phi) is 6.05. The number of anilines is 1. The standard InChI is InChI=1S/C24H30FN3O3/c1-28-12-11-24(16-7-8-20(30-2)21(13-16)31-3)10-9-19(15-22(24)28)27-23(29)26-18-6-4-5-17(25)14-18/h4-8,13-14,19,22H,9-12,15H2,1-3H3,(H2,26,27,29)/t19-,22+,24-/m0/s1. The van der Waals surface area contributed by atoms with Crippen molar-refractivity contribution in [1.82, 2.24) is 10.2 Å². The fraction of sp³-hybridized carbons (Fsp3) is 0.458. The van der Waals surface area contributed by atoms with Gasteiger partial charge in [-0.3, -0.25) is 0 Å². The molecule has 4 rings (SSSR count). The van der Waals surface area contributed by atoms with Gasteiger partial charge in [-0.05, 0) is 75.2 Å². The maximum Gasteiger partial charge on any atom is 0.319 e. The molecule has 0 bridgehead atoms. The van der Waals surface area contributed by atoms with E-state index >= 15 is 0 Å². The number of amides is 2. The van der Waals surface area contributed by atoms with E-state index in [1.807, 2.05) is 6.07 Å². The third-order valence-corrected chi connectivity index (χ3v) is 6.90. The monoisotopic (exact) mass is 427 g/mol. The van der Waals surface area contributed by atoms with Crippen molar-refractivity contribution in [3.63, 3.8) is 0 Å². The van der Waals surface area contributed by atoms with E-state index in [4.69, 9.17) is 9.47 Å². The molecule has 2 N–H and O–H groups in total. The van der Waals surface area contributed by atoms with E-state index < -0.39 is 0 Å². The number of hydrogen-bond acceptors (Lipinski definition) is 4. The molecule has 2 amide bonds. The van der Waals surface area contributed by atoms with Gasteiger partial charge in [0.25, 0.3) is 0 Å². The number of nitrogens with one attached hydrogen (secondary N) is 2. The molecule has 1 aliphatic carbocycles. The number of fused-ring (bicyclic) bond motifs is 1. The summed E-state index contributed by atoms with van der Waals surface area (Å²) in [5, 5.41) is 5.82. The molecule has 1 aliphatic heterocycles. The van der Waals surface area contributed by atoms with Crippen LogP contribution in [0.4, 0.5) is 14.9 Å². The average Bonchev–Trinajstić information content (AvgIpc) is 3.10. The SMILES string of the molecule is COc1ccc([C@@]23CC[C@H](NC(=O)Nc4cccc(F)c4)C[C@H]2N(C)CC3)cc1OC. The summed E-state index contributed by atoms with van der Waals surface area (Å²) in [6.07, 6.45) is 3.80. The van der Waals surface area contributed by atoms with Crippen molar-refractivity contribution in [3.8, 4) is 11.5 Å². The quantitative estimate of drug-likeness (QED) is 0.752. The fourth-order valence-corrected chi connectivity index (χ4v) is 5.31. The van der Waals surface area contributed by atoms with Crippen molar-refractivity contribution >= 4 is 11.7 Å². The van der Waals surface area contributed by atoms with Crippen molar-refractivity contribution in [2.45, 2.75) is 43.2 Å². The topological polar surface area (TPSA) is 62.8 Å². The predicted octanol–water partition coefficient (Wildman–Crippen LogP) is 4.16. The Labute approximate surface area is 182 Å². The molecule has 1 saturated heterocycles.